The van der Waals surface area contributed by atoms with Gasteiger partial charge in [-0.15, -0.1) is 0 Å². The minimum atomic E-state index is 0.106. The van der Waals surface area contributed by atoms with Crippen LogP contribution in [-0.4, -0.2) is 23.5 Å². The summed E-state index contributed by atoms with van der Waals surface area (Å²) >= 11 is 1.63. The molecule has 1 N–H and O–H groups in total. The molecule has 0 saturated heterocycles. The van der Waals surface area contributed by atoms with E-state index in [1.807, 2.05) is 13.2 Å². The van der Waals surface area contributed by atoms with Crippen molar-refractivity contribution in [3.63, 3.8) is 0 Å². The first kappa shape index (κ1) is 10.3. The molecule has 0 heterocycles. The molecule has 2 nitrogen and oxygen atoms in total. The Morgan fingerprint density at radius 1 is 1.29 bits per heavy atom. The Morgan fingerprint density at radius 3 is 2.14 bits per heavy atom. The average molecular weight is 213 g/mol. The Kier molecular flexibility index (Phi) is 3.05. The highest BCUT2D eigenvalue weighted by atomic mass is 32.2. The first-order chi connectivity index (χ1) is 6.72. The molecule has 3 heteroatoms. The van der Waals surface area contributed by atoms with E-state index in [1.165, 1.54) is 25.7 Å². The molecule has 0 aliphatic heterocycles. The minimum Gasteiger partial charge on any atom is -0.352 e. The zero-order valence-electron chi connectivity index (χ0n) is 8.95. The van der Waals surface area contributed by atoms with E-state index in [2.05, 4.69) is 5.32 Å². The van der Waals surface area contributed by atoms with E-state index in [4.69, 9.17) is 0 Å². The number of hydrogen-bond acceptors (Lipinski definition) is 2. The van der Waals surface area contributed by atoms with Gasteiger partial charge in [-0.3, -0.25) is 4.79 Å². The smallest absolute Gasteiger partial charge is 0.233 e. The molecule has 0 spiro atoms. The summed E-state index contributed by atoms with van der Waals surface area (Å²) in [4.78, 5) is 11.7. The maximum Gasteiger partial charge on any atom is 0.233 e. The maximum absolute atomic E-state index is 11.7. The molecule has 0 aromatic rings. The van der Waals surface area contributed by atoms with Gasteiger partial charge in [0.25, 0.3) is 0 Å². The van der Waals surface area contributed by atoms with Crippen molar-refractivity contribution in [3.8, 4) is 0 Å². The number of rotatable bonds is 5. The molecule has 2 rings (SSSR count). The SMILES string of the molecule is CSC(C)C(=O)NC(C1CC1)C1CC1. The largest absolute Gasteiger partial charge is 0.352 e. The molecule has 2 fully saturated rings. The van der Waals surface area contributed by atoms with Crippen molar-refractivity contribution in [1.29, 1.82) is 0 Å². The van der Waals surface area contributed by atoms with Gasteiger partial charge in [0.1, 0.15) is 0 Å². The monoisotopic (exact) mass is 213 g/mol. The van der Waals surface area contributed by atoms with Crippen LogP contribution in [0.1, 0.15) is 32.6 Å². The van der Waals surface area contributed by atoms with Crippen LogP contribution in [-0.2, 0) is 4.79 Å². The van der Waals surface area contributed by atoms with Crippen LogP contribution < -0.4 is 5.32 Å². The topological polar surface area (TPSA) is 29.1 Å². The van der Waals surface area contributed by atoms with Crippen molar-refractivity contribution in [2.45, 2.75) is 43.9 Å². The second-order valence-electron chi connectivity index (χ2n) is 4.59. The third kappa shape index (κ3) is 2.44. The number of nitrogens with one attached hydrogen (secondary N) is 1. The lowest BCUT2D eigenvalue weighted by molar-refractivity contribution is -0.121. The second-order valence-corrected chi connectivity index (χ2v) is 5.77. The molecule has 2 aliphatic carbocycles. The van der Waals surface area contributed by atoms with Crippen LogP contribution in [0.15, 0.2) is 0 Å². The number of hydrogen-bond donors (Lipinski definition) is 1. The molecule has 0 aromatic heterocycles. The molecule has 14 heavy (non-hydrogen) atoms. The van der Waals surface area contributed by atoms with Gasteiger partial charge in [0.2, 0.25) is 5.91 Å². The van der Waals surface area contributed by atoms with Crippen LogP contribution in [0.2, 0.25) is 0 Å². The van der Waals surface area contributed by atoms with Crippen molar-refractivity contribution in [2.75, 3.05) is 6.26 Å². The number of amides is 1. The predicted octanol–water partition coefficient (Wildman–Crippen LogP) is 2.04. The summed E-state index contributed by atoms with van der Waals surface area (Å²) in [5.74, 6) is 1.85. The third-order valence-electron chi connectivity index (χ3n) is 3.29. The first-order valence-corrected chi connectivity index (χ1v) is 6.84. The fourth-order valence-corrected chi connectivity index (χ4v) is 2.20. The summed E-state index contributed by atoms with van der Waals surface area (Å²) in [6, 6.07) is 0.511. The van der Waals surface area contributed by atoms with E-state index in [0.29, 0.717) is 6.04 Å². The van der Waals surface area contributed by atoms with Crippen LogP contribution >= 0.6 is 11.8 Å². The van der Waals surface area contributed by atoms with Gasteiger partial charge in [0.15, 0.2) is 0 Å². The minimum absolute atomic E-state index is 0.106. The van der Waals surface area contributed by atoms with E-state index in [9.17, 15) is 4.79 Å². The molecule has 1 atom stereocenters. The van der Waals surface area contributed by atoms with Crippen LogP contribution in [0.5, 0.6) is 0 Å². The molecule has 1 unspecified atom stereocenters. The van der Waals surface area contributed by atoms with Crippen LogP contribution in [0.4, 0.5) is 0 Å². The second kappa shape index (κ2) is 4.13. The van der Waals surface area contributed by atoms with Crippen molar-refractivity contribution in [2.24, 2.45) is 11.8 Å². The molecule has 0 aromatic carbocycles. The van der Waals surface area contributed by atoms with Gasteiger partial charge in [-0.05, 0) is 50.7 Å². The third-order valence-corrected chi connectivity index (χ3v) is 4.21. The lowest BCUT2D eigenvalue weighted by atomic mass is 10.1. The van der Waals surface area contributed by atoms with E-state index >= 15 is 0 Å². The summed E-state index contributed by atoms with van der Waals surface area (Å²) in [6.07, 6.45) is 7.31. The van der Waals surface area contributed by atoms with Crippen LogP contribution in [0.3, 0.4) is 0 Å². The van der Waals surface area contributed by atoms with Crippen LogP contribution in [0.25, 0.3) is 0 Å². The highest BCUT2D eigenvalue weighted by Crippen LogP contribution is 2.44. The highest BCUT2D eigenvalue weighted by molar-refractivity contribution is 7.99. The highest BCUT2D eigenvalue weighted by Gasteiger charge is 2.42. The average Bonchev–Trinajstić information content (AvgIpc) is 3.04. The lowest BCUT2D eigenvalue weighted by Crippen LogP contribution is -2.41. The van der Waals surface area contributed by atoms with E-state index in [1.54, 1.807) is 11.8 Å². The zero-order chi connectivity index (χ0) is 10.1. The molecule has 0 radical (unpaired) electrons. The van der Waals surface area contributed by atoms with Gasteiger partial charge in [0, 0.05) is 6.04 Å². The molecule has 1 amide bonds. The zero-order valence-corrected chi connectivity index (χ0v) is 9.77. The van der Waals surface area contributed by atoms with E-state index < -0.39 is 0 Å². The van der Waals surface area contributed by atoms with Crippen molar-refractivity contribution < 1.29 is 4.79 Å². The Hall–Kier alpha value is -0.180. The predicted molar refractivity (Wildman–Crippen MR) is 60.4 cm³/mol. The molecule has 80 valence electrons. The van der Waals surface area contributed by atoms with Crippen molar-refractivity contribution in [1.82, 2.24) is 5.32 Å². The van der Waals surface area contributed by atoms with Gasteiger partial charge >= 0.3 is 0 Å². The summed E-state index contributed by atoms with van der Waals surface area (Å²) in [6.45, 7) is 1.98. The van der Waals surface area contributed by atoms with Crippen LogP contribution in [0, 0.1) is 11.8 Å². The number of thioether (sulfide) groups is 1. The van der Waals surface area contributed by atoms with Crippen molar-refractivity contribution in [3.05, 3.63) is 0 Å². The van der Waals surface area contributed by atoms with E-state index in [0.717, 1.165) is 11.8 Å². The Balaban J connectivity index is 1.83. The summed E-state index contributed by atoms with van der Waals surface area (Å²) in [5.41, 5.74) is 0. The standard InChI is InChI=1S/C11H19NOS/c1-7(14-2)11(13)12-10(8-3-4-8)9-5-6-9/h7-10H,3-6H2,1-2H3,(H,12,13). The van der Waals surface area contributed by atoms with E-state index in [-0.39, 0.29) is 11.2 Å². The Labute approximate surface area is 90.2 Å². The van der Waals surface area contributed by atoms with Gasteiger partial charge in [-0.1, -0.05) is 0 Å². The maximum atomic E-state index is 11.7. The summed E-state index contributed by atoms with van der Waals surface area (Å²) in [7, 11) is 0. The fraction of sp³-hybridized carbons (Fsp3) is 0.909. The Morgan fingerprint density at radius 2 is 1.79 bits per heavy atom. The molecule has 2 saturated carbocycles. The lowest BCUT2D eigenvalue weighted by Gasteiger charge is -2.19. The Bertz CT molecular complexity index is 211. The first-order valence-electron chi connectivity index (χ1n) is 5.55. The summed E-state index contributed by atoms with van der Waals surface area (Å²) < 4.78 is 0. The molecule has 2 aliphatic rings. The quantitative estimate of drug-likeness (QED) is 0.757. The van der Waals surface area contributed by atoms with Gasteiger partial charge in [-0.25, -0.2) is 0 Å². The van der Waals surface area contributed by atoms with Gasteiger partial charge < -0.3 is 5.32 Å². The van der Waals surface area contributed by atoms with Gasteiger partial charge in [0.05, 0.1) is 5.25 Å². The molecule has 0 bridgehead atoms. The normalized spacial score (nSPS) is 23.6. The van der Waals surface area contributed by atoms with Crippen molar-refractivity contribution >= 4 is 17.7 Å². The van der Waals surface area contributed by atoms with Gasteiger partial charge in [-0.2, -0.15) is 11.8 Å². The fourth-order valence-electron chi connectivity index (χ4n) is 1.92. The summed E-state index contributed by atoms with van der Waals surface area (Å²) in [5, 5.41) is 3.34. The number of carbonyl (C=O) groups is 1. The number of carbonyl (C=O) groups excluding carboxylic acids is 1. The molecular formula is C11H19NOS. The molecular weight excluding hydrogens is 194 g/mol.